The third kappa shape index (κ3) is 4.75. The minimum atomic E-state index is -0.938. The molecule has 3 heterocycles. The molecular weight excluding hydrogens is 396 g/mol. The molecule has 4 rings (SSSR count). The fourth-order valence-corrected chi connectivity index (χ4v) is 5.23. The van der Waals surface area contributed by atoms with Crippen molar-refractivity contribution in [3.05, 3.63) is 35.4 Å². The predicted molar refractivity (Wildman–Crippen MR) is 116 cm³/mol. The van der Waals surface area contributed by atoms with Crippen LogP contribution in [0.4, 0.5) is 0 Å². The van der Waals surface area contributed by atoms with Crippen molar-refractivity contribution in [3.8, 4) is 0 Å². The number of amides is 2. The van der Waals surface area contributed by atoms with Gasteiger partial charge in [-0.15, -0.1) is 0 Å². The maximum absolute atomic E-state index is 12.9. The second kappa shape index (κ2) is 9.36. The normalized spacial score (nSPS) is 27.1. The zero-order valence-electron chi connectivity index (χ0n) is 18.1. The Bertz CT molecular complexity index is 821. The van der Waals surface area contributed by atoms with E-state index < -0.39 is 5.97 Å². The number of carboxylic acid groups (broad SMARTS) is 1. The van der Waals surface area contributed by atoms with Crippen LogP contribution in [0.15, 0.2) is 24.3 Å². The van der Waals surface area contributed by atoms with E-state index >= 15 is 0 Å². The second-order valence-electron chi connectivity index (χ2n) is 8.96. The van der Waals surface area contributed by atoms with Crippen LogP contribution in [0.3, 0.4) is 0 Å². The summed E-state index contributed by atoms with van der Waals surface area (Å²) in [6, 6.07) is 6.90. The van der Waals surface area contributed by atoms with Crippen molar-refractivity contribution in [3.63, 3.8) is 0 Å². The lowest BCUT2D eigenvalue weighted by molar-refractivity contribution is -0.130. The van der Waals surface area contributed by atoms with Crippen molar-refractivity contribution in [2.24, 2.45) is 0 Å². The van der Waals surface area contributed by atoms with Gasteiger partial charge in [0.15, 0.2) is 0 Å². The predicted octanol–water partition coefficient (Wildman–Crippen LogP) is 1.16. The summed E-state index contributed by atoms with van der Waals surface area (Å²) in [6.45, 7) is 3.75. The highest BCUT2D eigenvalue weighted by Crippen LogP contribution is 2.29. The number of rotatable bonds is 6. The molecule has 8 heteroatoms. The third-order valence-electron chi connectivity index (χ3n) is 7.09. The van der Waals surface area contributed by atoms with E-state index in [1.165, 1.54) is 0 Å². The molecule has 0 bridgehead atoms. The fraction of sp³-hybridized carbons (Fsp3) is 0.609. The van der Waals surface area contributed by atoms with E-state index in [9.17, 15) is 14.4 Å². The lowest BCUT2D eigenvalue weighted by Crippen LogP contribution is -2.49. The lowest BCUT2D eigenvalue weighted by atomic mass is 10.0. The van der Waals surface area contributed by atoms with Crippen molar-refractivity contribution in [1.29, 1.82) is 0 Å². The zero-order valence-corrected chi connectivity index (χ0v) is 18.1. The third-order valence-corrected chi connectivity index (χ3v) is 7.09. The number of hydrogen-bond acceptors (Lipinski definition) is 5. The van der Waals surface area contributed by atoms with Gasteiger partial charge in [-0.2, -0.15) is 0 Å². The highest BCUT2D eigenvalue weighted by Gasteiger charge is 2.45. The van der Waals surface area contributed by atoms with E-state index in [0.29, 0.717) is 19.5 Å². The van der Waals surface area contributed by atoms with Crippen LogP contribution in [0.2, 0.25) is 0 Å². The molecule has 8 nitrogen and oxygen atoms in total. The van der Waals surface area contributed by atoms with Crippen LogP contribution in [0.5, 0.6) is 0 Å². The number of hydrogen-bond donors (Lipinski definition) is 2. The van der Waals surface area contributed by atoms with Gasteiger partial charge in [0.25, 0.3) is 0 Å². The Hall–Kier alpha value is -2.45. The molecule has 3 fully saturated rings. The number of fused-ring (bicyclic) bond motifs is 1. The van der Waals surface area contributed by atoms with Crippen LogP contribution >= 0.6 is 0 Å². The number of nitrogens with one attached hydrogen (secondary N) is 1. The maximum atomic E-state index is 12.9. The Balaban J connectivity index is 1.38. The van der Waals surface area contributed by atoms with Crippen molar-refractivity contribution in [2.75, 3.05) is 33.2 Å². The molecule has 1 aromatic rings. The molecule has 1 aromatic carbocycles. The minimum absolute atomic E-state index is 0.0462. The van der Waals surface area contributed by atoms with Crippen molar-refractivity contribution < 1.29 is 19.5 Å². The summed E-state index contributed by atoms with van der Waals surface area (Å²) >= 11 is 0. The molecule has 31 heavy (non-hydrogen) atoms. The second-order valence-corrected chi connectivity index (χ2v) is 8.96. The van der Waals surface area contributed by atoms with Gasteiger partial charge >= 0.3 is 5.97 Å². The van der Waals surface area contributed by atoms with Gasteiger partial charge in [0, 0.05) is 51.2 Å². The van der Waals surface area contributed by atoms with Gasteiger partial charge in [-0.3, -0.25) is 19.4 Å². The monoisotopic (exact) mass is 428 g/mol. The summed E-state index contributed by atoms with van der Waals surface area (Å²) in [5.41, 5.74) is 1.26. The molecule has 0 aromatic heterocycles. The topological polar surface area (TPSA) is 93.2 Å². The summed E-state index contributed by atoms with van der Waals surface area (Å²) in [5, 5.41) is 12.2. The molecule has 0 spiro atoms. The van der Waals surface area contributed by atoms with Crippen LogP contribution < -0.4 is 5.32 Å². The van der Waals surface area contributed by atoms with E-state index in [1.807, 2.05) is 17.0 Å². The van der Waals surface area contributed by atoms with Crippen LogP contribution in [-0.4, -0.2) is 88.9 Å². The van der Waals surface area contributed by atoms with Gasteiger partial charge < -0.3 is 15.3 Å². The Kier molecular flexibility index (Phi) is 6.57. The first-order chi connectivity index (χ1) is 14.9. The van der Waals surface area contributed by atoms with Crippen LogP contribution in [-0.2, 0) is 16.1 Å². The summed E-state index contributed by atoms with van der Waals surface area (Å²) in [5.74, 6) is -0.660. The number of carbonyl (C=O) groups excluding carboxylic acids is 2. The van der Waals surface area contributed by atoms with Gasteiger partial charge in [-0.25, -0.2) is 4.79 Å². The highest BCUT2D eigenvalue weighted by atomic mass is 16.4. The fourth-order valence-electron chi connectivity index (χ4n) is 5.23. The molecule has 3 unspecified atom stereocenters. The first-order valence-corrected chi connectivity index (χ1v) is 11.3. The molecule has 2 amide bonds. The van der Waals surface area contributed by atoms with Crippen LogP contribution in [0, 0.1) is 0 Å². The van der Waals surface area contributed by atoms with Gasteiger partial charge in [-0.05, 0) is 50.4 Å². The molecular formula is C23H32N4O4. The molecule has 0 aliphatic carbocycles. The van der Waals surface area contributed by atoms with Gasteiger partial charge in [0.2, 0.25) is 11.8 Å². The Morgan fingerprint density at radius 2 is 1.84 bits per heavy atom. The first kappa shape index (κ1) is 21.8. The summed E-state index contributed by atoms with van der Waals surface area (Å²) in [4.78, 5) is 42.9. The number of likely N-dealkylation sites (N-methyl/N-ethyl adjacent to an activating group) is 1. The standard InChI is InChI=1S/C23H32N4O4/c1-25-18(8-9-20(28)26-11-2-3-12-26)14-24-22(29)21-19(25)10-13-27(21)15-16-4-6-17(7-5-16)23(30)31/h4-7,18-19,21H,2-3,8-15H2,1H3,(H,24,29)(H,30,31). The largest absolute Gasteiger partial charge is 0.478 e. The van der Waals surface area contributed by atoms with Gasteiger partial charge in [-0.1, -0.05) is 12.1 Å². The Labute approximate surface area is 183 Å². The van der Waals surface area contributed by atoms with Gasteiger partial charge in [0.1, 0.15) is 6.04 Å². The maximum Gasteiger partial charge on any atom is 0.335 e. The molecule has 3 aliphatic heterocycles. The number of likely N-dealkylation sites (tertiary alicyclic amines) is 2. The van der Waals surface area contributed by atoms with E-state index in [0.717, 1.165) is 50.9 Å². The van der Waals surface area contributed by atoms with Crippen LogP contribution in [0.25, 0.3) is 0 Å². The average molecular weight is 429 g/mol. The van der Waals surface area contributed by atoms with Crippen molar-refractivity contribution >= 4 is 17.8 Å². The highest BCUT2D eigenvalue weighted by molar-refractivity contribution is 5.87. The smallest absolute Gasteiger partial charge is 0.335 e. The Morgan fingerprint density at radius 1 is 1.13 bits per heavy atom. The minimum Gasteiger partial charge on any atom is -0.478 e. The number of benzene rings is 1. The SMILES string of the molecule is CN1C(CCC(=O)N2CCCC2)CNC(=O)C2C1CCN2Cc1ccc(C(=O)O)cc1. The number of carbonyl (C=O) groups is 3. The summed E-state index contributed by atoms with van der Waals surface area (Å²) < 4.78 is 0. The number of nitrogens with zero attached hydrogens (tertiary/aromatic N) is 3. The molecule has 3 atom stereocenters. The van der Waals surface area contributed by atoms with Gasteiger partial charge in [0.05, 0.1) is 5.56 Å². The first-order valence-electron chi connectivity index (χ1n) is 11.3. The van der Waals surface area contributed by atoms with E-state index in [1.54, 1.807) is 12.1 Å². The molecule has 0 saturated carbocycles. The molecule has 3 saturated heterocycles. The van der Waals surface area contributed by atoms with Crippen LogP contribution in [0.1, 0.15) is 48.0 Å². The van der Waals surface area contributed by atoms with E-state index in [-0.39, 0.29) is 35.5 Å². The molecule has 2 N–H and O–H groups in total. The lowest BCUT2D eigenvalue weighted by Gasteiger charge is -2.33. The molecule has 0 radical (unpaired) electrons. The summed E-state index contributed by atoms with van der Waals surface area (Å²) in [6.07, 6.45) is 4.39. The van der Waals surface area contributed by atoms with Crippen molar-refractivity contribution in [2.45, 2.75) is 56.8 Å². The zero-order chi connectivity index (χ0) is 22.0. The summed E-state index contributed by atoms with van der Waals surface area (Å²) in [7, 11) is 2.08. The number of aromatic carboxylic acids is 1. The average Bonchev–Trinajstić information content (AvgIpc) is 3.41. The Morgan fingerprint density at radius 3 is 2.52 bits per heavy atom. The molecule has 3 aliphatic rings. The van der Waals surface area contributed by atoms with E-state index in [2.05, 4.69) is 22.2 Å². The van der Waals surface area contributed by atoms with E-state index in [4.69, 9.17) is 5.11 Å². The quantitative estimate of drug-likeness (QED) is 0.706. The van der Waals surface area contributed by atoms with Crippen molar-refractivity contribution in [1.82, 2.24) is 20.0 Å². The number of carboxylic acids is 1. The molecule has 168 valence electrons.